The lowest BCUT2D eigenvalue weighted by atomic mass is 9.80. The lowest BCUT2D eigenvalue weighted by molar-refractivity contribution is -0.139. The number of esters is 3. The van der Waals surface area contributed by atoms with E-state index in [1.807, 2.05) is 0 Å². The van der Waals surface area contributed by atoms with Gasteiger partial charge in [0.2, 0.25) is 0 Å². The number of dihydropyridines is 1. The summed E-state index contributed by atoms with van der Waals surface area (Å²) in [6, 6.07) is 6.85. The zero-order chi connectivity index (χ0) is 25.4. The van der Waals surface area contributed by atoms with E-state index in [2.05, 4.69) is 10.3 Å². The Kier molecular flexibility index (Phi) is 9.18. The number of carbonyl (C=O) groups is 3. The van der Waals surface area contributed by atoms with Crippen LogP contribution in [0.15, 0.2) is 63.1 Å². The molecular formula is C25H30N2O7. The largest absolute Gasteiger partial charge is 0.512 e. The molecule has 1 aliphatic rings. The maximum Gasteiger partial charge on any atom is 0.343 e. The summed E-state index contributed by atoms with van der Waals surface area (Å²) in [4.78, 5) is 41.9. The number of rotatable bonds is 8. The first-order chi connectivity index (χ1) is 16.2. The summed E-state index contributed by atoms with van der Waals surface area (Å²) in [6.45, 7) is 8.51. The number of ether oxygens (including phenoxy) is 3. The third kappa shape index (κ3) is 5.92. The van der Waals surface area contributed by atoms with Crippen molar-refractivity contribution in [3.63, 3.8) is 0 Å². The van der Waals surface area contributed by atoms with Crippen LogP contribution in [-0.2, 0) is 28.6 Å². The van der Waals surface area contributed by atoms with Gasteiger partial charge < -0.3 is 24.6 Å². The number of methoxy groups -OCH3 is 1. The number of benzene rings is 1. The van der Waals surface area contributed by atoms with E-state index in [-0.39, 0.29) is 35.7 Å². The molecule has 0 fully saturated rings. The number of hydrogen-bond acceptors (Lipinski definition) is 9. The van der Waals surface area contributed by atoms with Gasteiger partial charge in [0, 0.05) is 17.6 Å². The third-order valence-electron chi connectivity index (χ3n) is 5.09. The Morgan fingerprint density at radius 3 is 2.24 bits per heavy atom. The van der Waals surface area contributed by atoms with Gasteiger partial charge in [-0.25, -0.2) is 14.4 Å². The summed E-state index contributed by atoms with van der Waals surface area (Å²) in [5, 5.41) is 12.9. The molecular weight excluding hydrogens is 440 g/mol. The van der Waals surface area contributed by atoms with E-state index in [0.29, 0.717) is 22.6 Å². The molecule has 1 heterocycles. The topological polar surface area (TPSA) is 124 Å². The van der Waals surface area contributed by atoms with E-state index in [1.54, 1.807) is 52.0 Å². The van der Waals surface area contributed by atoms with Crippen LogP contribution in [0.1, 0.15) is 46.1 Å². The Bertz CT molecular complexity index is 1090. The Morgan fingerprint density at radius 2 is 1.68 bits per heavy atom. The minimum Gasteiger partial charge on any atom is -0.512 e. The first-order valence-electron chi connectivity index (χ1n) is 10.8. The predicted octanol–water partition coefficient (Wildman–Crippen LogP) is 3.75. The standard InChI is InChI=1S/C25H30N2O7/c1-7-33-23(29)19(16(5)28)13-26-18-11-9-10-17(12-18)22-20(24(30)32-6)14(3)27-15(4)21(22)25(31)34-8-2/h9-13,22,27-28H,7-8H2,1-6H3/b19-16+,26-13?. The first-order valence-corrected chi connectivity index (χ1v) is 10.8. The molecule has 0 radical (unpaired) electrons. The normalized spacial score (nSPS) is 16.7. The predicted molar refractivity (Wildman–Crippen MR) is 126 cm³/mol. The van der Waals surface area contributed by atoms with Gasteiger partial charge >= 0.3 is 17.9 Å². The van der Waals surface area contributed by atoms with Crippen LogP contribution in [-0.4, -0.2) is 49.6 Å². The third-order valence-corrected chi connectivity index (χ3v) is 5.09. The van der Waals surface area contributed by atoms with Gasteiger partial charge in [0.25, 0.3) is 0 Å². The number of aliphatic hydroxyl groups excluding tert-OH is 1. The second-order valence-corrected chi connectivity index (χ2v) is 7.42. The number of aliphatic imine (C=N–C) groups is 1. The van der Waals surface area contributed by atoms with Crippen molar-refractivity contribution < 1.29 is 33.7 Å². The molecule has 182 valence electrons. The highest BCUT2D eigenvalue weighted by molar-refractivity contribution is 6.10. The van der Waals surface area contributed by atoms with Crippen molar-refractivity contribution >= 4 is 29.8 Å². The van der Waals surface area contributed by atoms with Crippen molar-refractivity contribution in [2.45, 2.75) is 40.5 Å². The first kappa shape index (κ1) is 26.4. The Balaban J connectivity index is 2.60. The lowest BCUT2D eigenvalue weighted by Crippen LogP contribution is -2.32. The van der Waals surface area contributed by atoms with E-state index in [0.717, 1.165) is 0 Å². The van der Waals surface area contributed by atoms with Gasteiger partial charge in [0.1, 0.15) is 11.3 Å². The highest BCUT2D eigenvalue weighted by Crippen LogP contribution is 2.40. The molecule has 34 heavy (non-hydrogen) atoms. The van der Waals surface area contributed by atoms with Gasteiger partial charge in [-0.2, -0.15) is 0 Å². The molecule has 0 aromatic heterocycles. The van der Waals surface area contributed by atoms with Crippen LogP contribution in [0.5, 0.6) is 0 Å². The van der Waals surface area contributed by atoms with Gasteiger partial charge in [-0.1, -0.05) is 12.1 Å². The second-order valence-electron chi connectivity index (χ2n) is 7.42. The molecule has 1 aromatic carbocycles. The maximum atomic E-state index is 12.9. The smallest absolute Gasteiger partial charge is 0.343 e. The van der Waals surface area contributed by atoms with Gasteiger partial charge in [-0.05, 0) is 52.3 Å². The molecule has 2 N–H and O–H groups in total. The number of hydrogen-bond donors (Lipinski definition) is 2. The molecule has 9 heteroatoms. The summed E-state index contributed by atoms with van der Waals surface area (Å²) in [7, 11) is 1.27. The SMILES string of the molecule is CCOC(=O)C1=C(C)NC(C)=C(C(=O)OC)C1c1cccc(N=C/C(C(=O)OCC)=C(/C)O)c1. The van der Waals surface area contributed by atoms with Gasteiger partial charge in [0.05, 0.1) is 43.1 Å². The summed E-state index contributed by atoms with van der Waals surface area (Å²) in [5.41, 5.74) is 2.62. The van der Waals surface area contributed by atoms with Crippen LogP contribution >= 0.6 is 0 Å². The van der Waals surface area contributed by atoms with Gasteiger partial charge in [0.15, 0.2) is 0 Å². The highest BCUT2D eigenvalue weighted by Gasteiger charge is 2.37. The molecule has 0 spiro atoms. The minimum absolute atomic E-state index is 0.0805. The van der Waals surface area contributed by atoms with Crippen LogP contribution in [0.25, 0.3) is 0 Å². The van der Waals surface area contributed by atoms with Crippen LogP contribution < -0.4 is 5.32 Å². The van der Waals surface area contributed by atoms with E-state index in [4.69, 9.17) is 14.2 Å². The number of nitrogens with zero attached hydrogens (tertiary/aromatic N) is 1. The molecule has 9 nitrogen and oxygen atoms in total. The van der Waals surface area contributed by atoms with Crippen molar-refractivity contribution in [3.8, 4) is 0 Å². The molecule has 1 aromatic rings. The second kappa shape index (κ2) is 11.8. The zero-order valence-electron chi connectivity index (χ0n) is 20.2. The van der Waals surface area contributed by atoms with Crippen molar-refractivity contribution in [2.75, 3.05) is 20.3 Å². The van der Waals surface area contributed by atoms with Gasteiger partial charge in [-0.15, -0.1) is 0 Å². The molecule has 1 unspecified atom stereocenters. The lowest BCUT2D eigenvalue weighted by Gasteiger charge is -2.30. The molecule has 1 atom stereocenters. The van der Waals surface area contributed by atoms with Crippen LogP contribution in [0.2, 0.25) is 0 Å². The Morgan fingerprint density at radius 1 is 1.06 bits per heavy atom. The average molecular weight is 471 g/mol. The molecule has 1 aliphatic heterocycles. The van der Waals surface area contributed by atoms with E-state index in [1.165, 1.54) is 20.2 Å². The van der Waals surface area contributed by atoms with Crippen LogP contribution in [0.3, 0.4) is 0 Å². The number of allylic oxidation sites excluding steroid dienone is 3. The van der Waals surface area contributed by atoms with Crippen molar-refractivity contribution in [1.29, 1.82) is 0 Å². The van der Waals surface area contributed by atoms with E-state index < -0.39 is 23.8 Å². The Hall–Kier alpha value is -3.88. The zero-order valence-corrected chi connectivity index (χ0v) is 20.2. The quantitative estimate of drug-likeness (QED) is 0.194. The van der Waals surface area contributed by atoms with Crippen molar-refractivity contribution in [3.05, 3.63) is 63.7 Å². The van der Waals surface area contributed by atoms with Crippen LogP contribution in [0.4, 0.5) is 5.69 Å². The summed E-state index contributed by atoms with van der Waals surface area (Å²) < 4.78 is 15.2. The average Bonchev–Trinajstić information content (AvgIpc) is 2.78. The van der Waals surface area contributed by atoms with E-state index in [9.17, 15) is 19.5 Å². The van der Waals surface area contributed by atoms with E-state index >= 15 is 0 Å². The highest BCUT2D eigenvalue weighted by atomic mass is 16.5. The molecule has 2 rings (SSSR count). The number of nitrogens with one attached hydrogen (secondary N) is 1. The fourth-order valence-corrected chi connectivity index (χ4v) is 3.61. The fourth-order valence-electron chi connectivity index (χ4n) is 3.61. The number of aliphatic hydroxyl groups is 1. The molecule has 0 amide bonds. The summed E-state index contributed by atoms with van der Waals surface area (Å²) >= 11 is 0. The fraction of sp³-hybridized carbons (Fsp3) is 0.360. The molecule has 0 saturated carbocycles. The minimum atomic E-state index is -0.762. The Labute approximate surface area is 198 Å². The molecule has 0 bridgehead atoms. The van der Waals surface area contributed by atoms with Gasteiger partial charge in [-0.3, -0.25) is 4.99 Å². The monoisotopic (exact) mass is 470 g/mol. The number of carbonyl (C=O) groups excluding carboxylic acids is 3. The molecule has 0 saturated heterocycles. The summed E-state index contributed by atoms with van der Waals surface area (Å²) in [6.07, 6.45) is 1.21. The van der Waals surface area contributed by atoms with Crippen molar-refractivity contribution in [1.82, 2.24) is 5.32 Å². The van der Waals surface area contributed by atoms with Crippen molar-refractivity contribution in [2.24, 2.45) is 4.99 Å². The summed E-state index contributed by atoms with van der Waals surface area (Å²) in [5.74, 6) is -2.82. The molecule has 0 aliphatic carbocycles. The van der Waals surface area contributed by atoms with Crippen LogP contribution in [0, 0.1) is 0 Å². The maximum absolute atomic E-state index is 12.9.